The summed E-state index contributed by atoms with van der Waals surface area (Å²) in [4.78, 5) is 8.67. The summed E-state index contributed by atoms with van der Waals surface area (Å²) < 4.78 is 31.2. The van der Waals surface area contributed by atoms with Crippen molar-refractivity contribution in [3.63, 3.8) is 0 Å². The molecular weight excluding hydrogens is 400 g/mol. The molecule has 0 atom stereocenters. The van der Waals surface area contributed by atoms with Gasteiger partial charge in [-0.2, -0.15) is 0 Å². The van der Waals surface area contributed by atoms with Crippen LogP contribution in [0.15, 0.2) is 60.9 Å². The molecule has 0 amide bonds. The number of hydrogen-bond acceptors (Lipinski definition) is 6. The Bertz CT molecular complexity index is 1090. The van der Waals surface area contributed by atoms with Gasteiger partial charge in [-0.25, -0.2) is 18.4 Å². The molecule has 158 valence electrons. The van der Waals surface area contributed by atoms with Crippen molar-refractivity contribution in [2.75, 3.05) is 29.0 Å². The molecule has 0 fully saturated rings. The highest BCUT2D eigenvalue weighted by Gasteiger charge is 2.16. The van der Waals surface area contributed by atoms with Crippen molar-refractivity contribution in [2.24, 2.45) is 0 Å². The highest BCUT2D eigenvalue weighted by atomic mass is 32.2. The van der Waals surface area contributed by atoms with E-state index in [9.17, 15) is 8.42 Å². The molecule has 2 aromatic carbocycles. The van der Waals surface area contributed by atoms with Gasteiger partial charge in [-0.1, -0.05) is 19.1 Å². The van der Waals surface area contributed by atoms with Gasteiger partial charge < -0.3 is 10.1 Å². The van der Waals surface area contributed by atoms with Crippen LogP contribution in [0.5, 0.6) is 5.75 Å². The van der Waals surface area contributed by atoms with Crippen LogP contribution < -0.4 is 14.4 Å². The fraction of sp³-hybridized carbons (Fsp3) is 0.273. The standard InChI is InChI=1S/C22H26N4O3S/c1-4-14-26(30(3,27)28)18-12-10-17(11-13-18)25-22-15-20(23-16-24-22)19-8-6-7-9-21(19)29-5-2/h6-13,15-16H,4-5,14H2,1-3H3,(H,23,24,25). The predicted molar refractivity (Wildman–Crippen MR) is 121 cm³/mol. The van der Waals surface area contributed by atoms with Crippen molar-refractivity contribution >= 4 is 27.2 Å². The fourth-order valence-electron chi connectivity index (χ4n) is 3.08. The average Bonchev–Trinajstić information content (AvgIpc) is 2.73. The molecule has 0 spiro atoms. The van der Waals surface area contributed by atoms with E-state index in [4.69, 9.17) is 4.74 Å². The first-order valence-corrected chi connectivity index (χ1v) is 11.7. The second kappa shape index (κ2) is 9.58. The number of hydrogen-bond donors (Lipinski definition) is 1. The van der Waals surface area contributed by atoms with E-state index < -0.39 is 10.0 Å². The molecule has 3 rings (SSSR count). The molecule has 0 aliphatic heterocycles. The van der Waals surface area contributed by atoms with E-state index in [2.05, 4.69) is 15.3 Å². The zero-order valence-electron chi connectivity index (χ0n) is 17.4. The van der Waals surface area contributed by atoms with Crippen LogP contribution in [0.3, 0.4) is 0 Å². The average molecular weight is 427 g/mol. The van der Waals surface area contributed by atoms with Crippen molar-refractivity contribution in [3.8, 4) is 17.0 Å². The number of ether oxygens (including phenoxy) is 1. The highest BCUT2D eigenvalue weighted by Crippen LogP contribution is 2.30. The molecule has 0 unspecified atom stereocenters. The van der Waals surface area contributed by atoms with Gasteiger partial charge in [-0.3, -0.25) is 4.31 Å². The molecule has 8 heteroatoms. The Morgan fingerprint density at radius 2 is 1.77 bits per heavy atom. The van der Waals surface area contributed by atoms with Gasteiger partial charge in [0.15, 0.2) is 0 Å². The maximum atomic E-state index is 12.0. The smallest absolute Gasteiger partial charge is 0.232 e. The van der Waals surface area contributed by atoms with Crippen LogP contribution in [0.2, 0.25) is 0 Å². The normalized spacial score (nSPS) is 11.2. The number of anilines is 3. The van der Waals surface area contributed by atoms with Crippen LogP contribution in [0, 0.1) is 0 Å². The maximum absolute atomic E-state index is 12.0. The number of aromatic nitrogens is 2. The lowest BCUT2D eigenvalue weighted by atomic mass is 10.1. The Labute approximate surface area is 177 Å². The van der Waals surface area contributed by atoms with Gasteiger partial charge in [0.2, 0.25) is 10.0 Å². The molecular formula is C22H26N4O3S. The van der Waals surface area contributed by atoms with E-state index in [1.807, 2.05) is 56.3 Å². The summed E-state index contributed by atoms with van der Waals surface area (Å²) >= 11 is 0. The van der Waals surface area contributed by atoms with Crippen LogP contribution in [0.1, 0.15) is 20.3 Å². The Kier molecular flexibility index (Phi) is 6.89. The number of para-hydroxylation sites is 1. The van der Waals surface area contributed by atoms with Gasteiger partial charge in [0.05, 0.1) is 24.2 Å². The molecule has 0 bridgehead atoms. The van der Waals surface area contributed by atoms with Crippen molar-refractivity contribution in [1.29, 1.82) is 0 Å². The molecule has 0 aliphatic carbocycles. The molecule has 0 saturated carbocycles. The molecule has 1 N–H and O–H groups in total. The summed E-state index contributed by atoms with van der Waals surface area (Å²) in [6.07, 6.45) is 3.46. The van der Waals surface area contributed by atoms with Crippen molar-refractivity contribution in [2.45, 2.75) is 20.3 Å². The first kappa shape index (κ1) is 21.6. The fourth-order valence-corrected chi connectivity index (χ4v) is 4.10. The number of nitrogens with one attached hydrogen (secondary N) is 1. The Morgan fingerprint density at radius 1 is 1.03 bits per heavy atom. The van der Waals surface area contributed by atoms with Crippen LogP contribution in [-0.2, 0) is 10.0 Å². The number of sulfonamides is 1. The van der Waals surface area contributed by atoms with Gasteiger partial charge in [0, 0.05) is 23.9 Å². The quantitative estimate of drug-likeness (QED) is 0.544. The highest BCUT2D eigenvalue weighted by molar-refractivity contribution is 7.92. The third-order valence-corrected chi connectivity index (χ3v) is 5.58. The van der Waals surface area contributed by atoms with Crippen LogP contribution in [0.4, 0.5) is 17.2 Å². The minimum absolute atomic E-state index is 0.445. The van der Waals surface area contributed by atoms with Gasteiger partial charge in [0.25, 0.3) is 0 Å². The monoisotopic (exact) mass is 426 g/mol. The van der Waals surface area contributed by atoms with Gasteiger partial charge >= 0.3 is 0 Å². The Morgan fingerprint density at radius 3 is 2.43 bits per heavy atom. The largest absolute Gasteiger partial charge is 0.493 e. The number of rotatable bonds is 9. The maximum Gasteiger partial charge on any atom is 0.232 e. The van der Waals surface area contributed by atoms with Crippen LogP contribution in [-0.4, -0.2) is 37.8 Å². The van der Waals surface area contributed by atoms with E-state index >= 15 is 0 Å². The van der Waals surface area contributed by atoms with E-state index in [0.717, 1.165) is 29.1 Å². The number of benzene rings is 2. The summed E-state index contributed by atoms with van der Waals surface area (Å²) in [6, 6.07) is 16.8. The second-order valence-corrected chi connectivity index (χ2v) is 8.63. The van der Waals surface area contributed by atoms with E-state index in [0.29, 0.717) is 24.7 Å². The second-order valence-electron chi connectivity index (χ2n) is 6.72. The summed E-state index contributed by atoms with van der Waals surface area (Å²) in [5, 5.41) is 3.24. The summed E-state index contributed by atoms with van der Waals surface area (Å²) in [5.74, 6) is 1.40. The lowest BCUT2D eigenvalue weighted by molar-refractivity contribution is 0.341. The first-order chi connectivity index (χ1) is 14.4. The summed E-state index contributed by atoms with van der Waals surface area (Å²) in [7, 11) is -3.32. The van der Waals surface area contributed by atoms with E-state index in [1.54, 1.807) is 12.1 Å². The van der Waals surface area contributed by atoms with Crippen LogP contribution in [0.25, 0.3) is 11.3 Å². The van der Waals surface area contributed by atoms with Gasteiger partial charge in [-0.15, -0.1) is 0 Å². The molecule has 0 radical (unpaired) electrons. The first-order valence-electron chi connectivity index (χ1n) is 9.81. The van der Waals surface area contributed by atoms with E-state index in [-0.39, 0.29) is 0 Å². The molecule has 1 aromatic heterocycles. The van der Waals surface area contributed by atoms with E-state index in [1.165, 1.54) is 16.9 Å². The Hall–Kier alpha value is -3.13. The zero-order valence-corrected chi connectivity index (χ0v) is 18.2. The van der Waals surface area contributed by atoms with Crippen LogP contribution >= 0.6 is 0 Å². The lowest BCUT2D eigenvalue weighted by Gasteiger charge is -2.22. The van der Waals surface area contributed by atoms with Gasteiger partial charge in [0.1, 0.15) is 17.9 Å². The third-order valence-electron chi connectivity index (χ3n) is 4.38. The minimum atomic E-state index is -3.32. The molecule has 0 aliphatic rings. The molecule has 3 aromatic rings. The third kappa shape index (κ3) is 5.27. The molecule has 1 heterocycles. The lowest BCUT2D eigenvalue weighted by Crippen LogP contribution is -2.30. The van der Waals surface area contributed by atoms with Gasteiger partial charge in [-0.05, 0) is 49.7 Å². The number of nitrogens with zero attached hydrogens (tertiary/aromatic N) is 3. The topological polar surface area (TPSA) is 84.4 Å². The van der Waals surface area contributed by atoms with Crippen molar-refractivity contribution < 1.29 is 13.2 Å². The van der Waals surface area contributed by atoms with Crippen molar-refractivity contribution in [1.82, 2.24) is 9.97 Å². The molecule has 0 saturated heterocycles. The Balaban J connectivity index is 1.82. The van der Waals surface area contributed by atoms with Crippen molar-refractivity contribution in [3.05, 3.63) is 60.9 Å². The minimum Gasteiger partial charge on any atom is -0.493 e. The summed E-state index contributed by atoms with van der Waals surface area (Å²) in [6.45, 7) is 4.91. The SMILES string of the molecule is CCCN(c1ccc(Nc2cc(-c3ccccc3OCC)ncn2)cc1)S(C)(=O)=O. The summed E-state index contributed by atoms with van der Waals surface area (Å²) in [5.41, 5.74) is 3.08. The molecule has 7 nitrogen and oxygen atoms in total. The predicted octanol–water partition coefficient (Wildman–Crippen LogP) is 4.46. The zero-order chi connectivity index (χ0) is 21.6. The molecule has 30 heavy (non-hydrogen) atoms.